The second-order valence-corrected chi connectivity index (χ2v) is 11.6. The molecule has 4 rings (SSSR count). The quantitative estimate of drug-likeness (QED) is 0.468. The summed E-state index contributed by atoms with van der Waals surface area (Å²) in [4.78, 5) is 15.2. The predicted molar refractivity (Wildman–Crippen MR) is 135 cm³/mol. The zero-order chi connectivity index (χ0) is 24.6. The molecular weight excluding hydrogens is 451 g/mol. The molecule has 1 aliphatic rings. The molecule has 0 bridgehead atoms. The van der Waals surface area contributed by atoms with Crippen LogP contribution in [0.1, 0.15) is 46.1 Å². The van der Waals surface area contributed by atoms with Gasteiger partial charge < -0.3 is 9.47 Å². The van der Waals surface area contributed by atoms with Crippen molar-refractivity contribution in [1.82, 2.24) is 4.57 Å². The van der Waals surface area contributed by atoms with E-state index in [1.807, 2.05) is 18.7 Å². The normalized spacial score (nSPS) is 19.0. The van der Waals surface area contributed by atoms with Gasteiger partial charge in [-0.1, -0.05) is 39.8 Å². The van der Waals surface area contributed by atoms with Crippen molar-refractivity contribution in [3.8, 4) is 0 Å². The number of aromatic nitrogens is 1. The van der Waals surface area contributed by atoms with Crippen LogP contribution in [0.3, 0.4) is 0 Å². The summed E-state index contributed by atoms with van der Waals surface area (Å²) in [7, 11) is -4.05. The van der Waals surface area contributed by atoms with Gasteiger partial charge in [-0.3, -0.25) is 4.79 Å². The van der Waals surface area contributed by atoms with E-state index < -0.39 is 21.1 Å². The first-order valence-corrected chi connectivity index (χ1v) is 13.6. The van der Waals surface area contributed by atoms with E-state index in [1.165, 1.54) is 24.4 Å². The van der Waals surface area contributed by atoms with Crippen LogP contribution in [-0.2, 0) is 22.8 Å². The second-order valence-electron chi connectivity index (χ2n) is 9.69. The number of aryl methyl sites for hydroxylation is 2. The summed E-state index contributed by atoms with van der Waals surface area (Å²) >= 11 is 0. The van der Waals surface area contributed by atoms with Gasteiger partial charge in [-0.05, 0) is 60.9 Å². The van der Waals surface area contributed by atoms with E-state index in [2.05, 4.69) is 13.8 Å². The van der Waals surface area contributed by atoms with Crippen LogP contribution in [0, 0.1) is 17.7 Å². The average Bonchev–Trinajstić information content (AvgIpc) is 2.80. The number of pyridine rings is 1. The molecule has 2 aromatic carbocycles. The van der Waals surface area contributed by atoms with Crippen LogP contribution in [-0.4, -0.2) is 26.1 Å². The van der Waals surface area contributed by atoms with Gasteiger partial charge in [0.05, 0.1) is 21.5 Å². The van der Waals surface area contributed by atoms with Crippen molar-refractivity contribution in [2.24, 2.45) is 11.8 Å². The molecule has 2 unspecified atom stereocenters. The Morgan fingerprint density at radius 3 is 2.26 bits per heavy atom. The predicted octanol–water partition coefficient (Wildman–Crippen LogP) is 5.43. The first-order chi connectivity index (χ1) is 16.1. The molecule has 7 heteroatoms. The van der Waals surface area contributed by atoms with E-state index in [0.29, 0.717) is 29.6 Å². The molecule has 2 atom stereocenters. The highest BCUT2D eigenvalue weighted by Crippen LogP contribution is 2.31. The highest BCUT2D eigenvalue weighted by atomic mass is 32.2. The molecule has 1 aromatic heterocycles. The molecule has 0 N–H and O–H groups in total. The van der Waals surface area contributed by atoms with Gasteiger partial charge in [0.15, 0.2) is 0 Å². The Hall–Kier alpha value is -2.67. The van der Waals surface area contributed by atoms with Crippen molar-refractivity contribution < 1.29 is 12.8 Å². The lowest BCUT2D eigenvalue weighted by molar-refractivity contribution is 0.354. The lowest BCUT2D eigenvalue weighted by atomic mass is 9.91. The topological polar surface area (TPSA) is 59.4 Å². The molecular formula is C27H33FN2O3S. The largest absolute Gasteiger partial charge is 0.369 e. The zero-order valence-electron chi connectivity index (χ0n) is 20.3. The van der Waals surface area contributed by atoms with Crippen LogP contribution in [0.25, 0.3) is 10.9 Å². The number of benzene rings is 2. The molecule has 34 heavy (non-hydrogen) atoms. The molecule has 1 fully saturated rings. The van der Waals surface area contributed by atoms with Gasteiger partial charge >= 0.3 is 0 Å². The Morgan fingerprint density at radius 2 is 1.68 bits per heavy atom. The minimum absolute atomic E-state index is 0.0672. The van der Waals surface area contributed by atoms with E-state index in [9.17, 15) is 13.2 Å². The highest BCUT2D eigenvalue weighted by molar-refractivity contribution is 7.91. The van der Waals surface area contributed by atoms with Gasteiger partial charge in [0.1, 0.15) is 10.7 Å². The van der Waals surface area contributed by atoms with Gasteiger partial charge in [-0.15, -0.1) is 0 Å². The van der Waals surface area contributed by atoms with Crippen LogP contribution in [0.15, 0.2) is 57.2 Å². The Morgan fingerprint density at radius 1 is 1.03 bits per heavy atom. The van der Waals surface area contributed by atoms with E-state index in [-0.39, 0.29) is 15.2 Å². The van der Waals surface area contributed by atoms with Crippen molar-refractivity contribution in [2.75, 3.05) is 18.0 Å². The standard InChI is InChI=1S/C27H33FN2O3S/c1-5-11-29-17-26(34(32,33)21-9-7-20(6-2)8-10-21)27(31)22-13-23(28)25(14-24(22)29)30-15-18(3)12-19(4)16-30/h7-10,13-14,17-19H,5-6,11-12,15-16H2,1-4H3. The minimum Gasteiger partial charge on any atom is -0.369 e. The summed E-state index contributed by atoms with van der Waals surface area (Å²) in [6.07, 6.45) is 4.07. The lowest BCUT2D eigenvalue weighted by Gasteiger charge is -2.37. The van der Waals surface area contributed by atoms with Crippen molar-refractivity contribution in [1.29, 1.82) is 0 Å². The fourth-order valence-corrected chi connectivity index (χ4v) is 6.49. The third-order valence-corrected chi connectivity index (χ3v) is 8.48. The van der Waals surface area contributed by atoms with Crippen LogP contribution >= 0.6 is 0 Å². The number of rotatable bonds is 6. The van der Waals surface area contributed by atoms with Crippen LogP contribution in [0.2, 0.25) is 0 Å². The molecule has 0 saturated carbocycles. The maximum Gasteiger partial charge on any atom is 0.211 e. The van der Waals surface area contributed by atoms with Crippen molar-refractivity contribution in [2.45, 2.75) is 63.3 Å². The highest BCUT2D eigenvalue weighted by Gasteiger charge is 2.27. The molecule has 182 valence electrons. The number of sulfone groups is 1. The molecule has 0 aliphatic carbocycles. The molecule has 5 nitrogen and oxygen atoms in total. The van der Waals surface area contributed by atoms with E-state index in [0.717, 1.165) is 37.9 Å². The summed E-state index contributed by atoms with van der Waals surface area (Å²) in [5, 5.41) is 0.0964. The number of hydrogen-bond acceptors (Lipinski definition) is 4. The number of hydrogen-bond donors (Lipinski definition) is 0. The summed E-state index contributed by atoms with van der Waals surface area (Å²) in [5.74, 6) is 0.405. The summed E-state index contributed by atoms with van der Waals surface area (Å²) < 4.78 is 44.0. The first kappa shape index (κ1) is 24.5. The molecule has 0 amide bonds. The maximum atomic E-state index is 15.4. The number of halogens is 1. The number of anilines is 1. The van der Waals surface area contributed by atoms with Crippen LogP contribution in [0.5, 0.6) is 0 Å². The molecule has 1 saturated heterocycles. The average molecular weight is 485 g/mol. The molecule has 2 heterocycles. The van der Waals surface area contributed by atoms with Gasteiger partial charge in [-0.25, -0.2) is 12.8 Å². The van der Waals surface area contributed by atoms with Gasteiger partial charge in [-0.2, -0.15) is 0 Å². The molecule has 1 aliphatic heterocycles. The third kappa shape index (κ3) is 4.50. The van der Waals surface area contributed by atoms with Gasteiger partial charge in [0, 0.05) is 25.8 Å². The van der Waals surface area contributed by atoms with Crippen molar-refractivity contribution in [3.63, 3.8) is 0 Å². The van der Waals surface area contributed by atoms with E-state index in [1.54, 1.807) is 22.8 Å². The first-order valence-electron chi connectivity index (χ1n) is 12.1. The number of piperidine rings is 1. The second kappa shape index (κ2) is 9.53. The molecule has 3 aromatic rings. The van der Waals surface area contributed by atoms with Crippen molar-refractivity contribution in [3.05, 3.63) is 64.2 Å². The minimum atomic E-state index is -4.05. The smallest absolute Gasteiger partial charge is 0.211 e. The van der Waals surface area contributed by atoms with Gasteiger partial charge in [0.25, 0.3) is 0 Å². The summed E-state index contributed by atoms with van der Waals surface area (Å²) in [6, 6.07) is 9.52. The van der Waals surface area contributed by atoms with Crippen LogP contribution < -0.4 is 10.3 Å². The fraction of sp³-hybridized carbons (Fsp3) is 0.444. The lowest BCUT2D eigenvalue weighted by Crippen LogP contribution is -2.39. The number of nitrogens with zero attached hydrogens (tertiary/aromatic N) is 2. The SMILES string of the molecule is CCCn1cc(S(=O)(=O)c2ccc(CC)cc2)c(=O)c2cc(F)c(N3CC(C)CC(C)C3)cc21. The Labute approximate surface area is 201 Å². The zero-order valence-corrected chi connectivity index (χ0v) is 21.2. The summed E-state index contributed by atoms with van der Waals surface area (Å²) in [5.41, 5.74) is 1.39. The summed E-state index contributed by atoms with van der Waals surface area (Å²) in [6.45, 7) is 10.3. The third-order valence-electron chi connectivity index (χ3n) is 6.72. The Balaban J connectivity index is 1.89. The maximum absolute atomic E-state index is 15.4. The van der Waals surface area contributed by atoms with Crippen molar-refractivity contribution >= 4 is 26.4 Å². The Bertz CT molecular complexity index is 1350. The van der Waals surface area contributed by atoms with E-state index in [4.69, 9.17) is 0 Å². The number of fused-ring (bicyclic) bond motifs is 1. The molecule has 0 radical (unpaired) electrons. The van der Waals surface area contributed by atoms with E-state index >= 15 is 4.39 Å². The Kier molecular flexibility index (Phi) is 6.85. The van der Waals surface area contributed by atoms with Crippen LogP contribution in [0.4, 0.5) is 10.1 Å². The fourth-order valence-electron chi connectivity index (χ4n) is 5.12. The monoisotopic (exact) mass is 484 g/mol. The van der Waals surface area contributed by atoms with Gasteiger partial charge in [0.2, 0.25) is 15.3 Å². The molecule has 0 spiro atoms.